The standard InChI is InChI=1S/C15H20O4/c1-3-4-11-19-14(18-2)10-7-12-5-8-13(9-6-12)15(16)17/h5-10,14H,3-4,11H2,1-2H3,(H,16,17)/b10-7+. The van der Waals surface area contributed by atoms with E-state index in [2.05, 4.69) is 6.92 Å². The van der Waals surface area contributed by atoms with E-state index in [0.717, 1.165) is 18.4 Å². The molecule has 104 valence electrons. The molecule has 0 heterocycles. The molecule has 0 spiro atoms. The zero-order valence-electron chi connectivity index (χ0n) is 11.3. The first kappa shape index (κ1) is 15.4. The van der Waals surface area contributed by atoms with Crippen molar-refractivity contribution in [3.8, 4) is 0 Å². The third kappa shape index (κ3) is 5.68. The van der Waals surface area contributed by atoms with Crippen LogP contribution in [0.2, 0.25) is 0 Å². The monoisotopic (exact) mass is 264 g/mol. The van der Waals surface area contributed by atoms with Gasteiger partial charge in [0.1, 0.15) is 0 Å². The van der Waals surface area contributed by atoms with Crippen molar-refractivity contribution >= 4 is 12.0 Å². The summed E-state index contributed by atoms with van der Waals surface area (Å²) in [7, 11) is 1.59. The summed E-state index contributed by atoms with van der Waals surface area (Å²) in [4.78, 5) is 10.7. The van der Waals surface area contributed by atoms with Gasteiger partial charge in [-0.3, -0.25) is 0 Å². The predicted molar refractivity (Wildman–Crippen MR) is 74.1 cm³/mol. The number of ether oxygens (including phenoxy) is 2. The molecule has 1 N–H and O–H groups in total. The SMILES string of the molecule is CCCCOC(/C=C/c1ccc(C(=O)O)cc1)OC. The first-order chi connectivity index (χ1) is 9.17. The third-order valence-corrected chi connectivity index (χ3v) is 2.62. The predicted octanol–water partition coefficient (Wildman–Crippen LogP) is 3.19. The van der Waals surface area contributed by atoms with Crippen LogP contribution in [0.15, 0.2) is 30.3 Å². The van der Waals surface area contributed by atoms with Gasteiger partial charge in [-0.05, 0) is 30.2 Å². The summed E-state index contributed by atoms with van der Waals surface area (Å²) in [5, 5.41) is 8.79. The van der Waals surface area contributed by atoms with Crippen LogP contribution in [0.4, 0.5) is 0 Å². The minimum Gasteiger partial charge on any atom is -0.478 e. The van der Waals surface area contributed by atoms with Gasteiger partial charge in [-0.25, -0.2) is 4.79 Å². The number of hydrogen-bond acceptors (Lipinski definition) is 3. The topological polar surface area (TPSA) is 55.8 Å². The summed E-state index contributed by atoms with van der Waals surface area (Å²) in [5.74, 6) is -0.923. The molecule has 0 amide bonds. The van der Waals surface area contributed by atoms with Crippen molar-refractivity contribution < 1.29 is 19.4 Å². The summed E-state index contributed by atoms with van der Waals surface area (Å²) in [6, 6.07) is 6.64. The molecular formula is C15H20O4. The van der Waals surface area contributed by atoms with Gasteiger partial charge in [0.2, 0.25) is 0 Å². The highest BCUT2D eigenvalue weighted by atomic mass is 16.7. The van der Waals surface area contributed by atoms with Gasteiger partial charge < -0.3 is 14.6 Å². The minimum absolute atomic E-state index is 0.277. The Kier molecular flexibility index (Phi) is 6.85. The van der Waals surface area contributed by atoms with Gasteiger partial charge in [-0.15, -0.1) is 0 Å². The van der Waals surface area contributed by atoms with E-state index in [-0.39, 0.29) is 11.9 Å². The fourth-order valence-corrected chi connectivity index (χ4v) is 1.47. The lowest BCUT2D eigenvalue weighted by Crippen LogP contribution is -2.12. The molecular weight excluding hydrogens is 244 g/mol. The number of rotatable bonds is 8. The summed E-state index contributed by atoms with van der Waals surface area (Å²) in [6.07, 6.45) is 5.38. The molecule has 1 rings (SSSR count). The van der Waals surface area contributed by atoms with Crippen LogP contribution >= 0.6 is 0 Å². The van der Waals surface area contributed by atoms with Crippen LogP contribution in [0.3, 0.4) is 0 Å². The van der Waals surface area contributed by atoms with Crippen molar-refractivity contribution in [1.29, 1.82) is 0 Å². The number of carboxylic acids is 1. The molecule has 0 aliphatic rings. The first-order valence-corrected chi connectivity index (χ1v) is 6.33. The van der Waals surface area contributed by atoms with Crippen molar-refractivity contribution in [2.45, 2.75) is 26.1 Å². The molecule has 1 atom stereocenters. The van der Waals surface area contributed by atoms with E-state index in [9.17, 15) is 4.79 Å². The lowest BCUT2D eigenvalue weighted by atomic mass is 10.1. The van der Waals surface area contributed by atoms with E-state index in [1.165, 1.54) is 0 Å². The molecule has 1 unspecified atom stereocenters. The molecule has 4 nitrogen and oxygen atoms in total. The van der Waals surface area contributed by atoms with Crippen LogP contribution in [0.25, 0.3) is 6.08 Å². The van der Waals surface area contributed by atoms with Gasteiger partial charge in [0.25, 0.3) is 0 Å². The molecule has 1 aromatic carbocycles. The third-order valence-electron chi connectivity index (χ3n) is 2.62. The summed E-state index contributed by atoms with van der Waals surface area (Å²) in [6.45, 7) is 2.77. The lowest BCUT2D eigenvalue weighted by molar-refractivity contribution is -0.0905. The number of carboxylic acid groups (broad SMARTS) is 1. The van der Waals surface area contributed by atoms with Crippen LogP contribution in [0, 0.1) is 0 Å². The Balaban J connectivity index is 2.55. The average molecular weight is 264 g/mol. The van der Waals surface area contributed by atoms with E-state index in [1.54, 1.807) is 31.4 Å². The van der Waals surface area contributed by atoms with Crippen molar-refractivity contribution in [2.24, 2.45) is 0 Å². The van der Waals surface area contributed by atoms with Crippen LogP contribution < -0.4 is 0 Å². The average Bonchev–Trinajstić information content (AvgIpc) is 2.43. The molecule has 4 heteroatoms. The largest absolute Gasteiger partial charge is 0.478 e. The quantitative estimate of drug-likeness (QED) is 0.578. The van der Waals surface area contributed by atoms with Gasteiger partial charge in [0.15, 0.2) is 6.29 Å². The molecule has 0 aliphatic heterocycles. The van der Waals surface area contributed by atoms with E-state index in [0.29, 0.717) is 6.61 Å². The zero-order chi connectivity index (χ0) is 14.1. The number of benzene rings is 1. The first-order valence-electron chi connectivity index (χ1n) is 6.33. The maximum atomic E-state index is 10.7. The maximum absolute atomic E-state index is 10.7. The maximum Gasteiger partial charge on any atom is 0.335 e. The molecule has 0 aromatic heterocycles. The number of unbranched alkanes of at least 4 members (excludes halogenated alkanes) is 1. The number of hydrogen-bond donors (Lipinski definition) is 1. The molecule has 0 bridgehead atoms. The second kappa shape index (κ2) is 8.45. The molecule has 19 heavy (non-hydrogen) atoms. The Morgan fingerprint density at radius 1 is 1.37 bits per heavy atom. The van der Waals surface area contributed by atoms with Crippen molar-refractivity contribution in [3.63, 3.8) is 0 Å². The van der Waals surface area contributed by atoms with Crippen molar-refractivity contribution in [1.82, 2.24) is 0 Å². The smallest absolute Gasteiger partial charge is 0.335 e. The minimum atomic E-state index is -0.923. The molecule has 1 aromatic rings. The Labute approximate surface area is 113 Å². The van der Waals surface area contributed by atoms with Gasteiger partial charge in [-0.1, -0.05) is 31.6 Å². The van der Waals surface area contributed by atoms with Gasteiger partial charge in [-0.2, -0.15) is 0 Å². The summed E-state index contributed by atoms with van der Waals surface area (Å²) in [5.41, 5.74) is 1.19. The normalized spacial score (nSPS) is 12.7. The van der Waals surface area contributed by atoms with Gasteiger partial charge in [0, 0.05) is 7.11 Å². The number of aromatic carboxylic acids is 1. The van der Waals surface area contributed by atoms with Crippen LogP contribution in [-0.4, -0.2) is 31.1 Å². The lowest BCUT2D eigenvalue weighted by Gasteiger charge is -2.11. The van der Waals surface area contributed by atoms with Crippen molar-refractivity contribution in [2.75, 3.05) is 13.7 Å². The van der Waals surface area contributed by atoms with Gasteiger partial charge >= 0.3 is 5.97 Å². The van der Waals surface area contributed by atoms with Crippen LogP contribution in [0.1, 0.15) is 35.7 Å². The Bertz CT molecular complexity index is 409. The summed E-state index contributed by atoms with van der Waals surface area (Å²) >= 11 is 0. The van der Waals surface area contributed by atoms with Crippen LogP contribution in [-0.2, 0) is 9.47 Å². The molecule has 0 saturated heterocycles. The van der Waals surface area contributed by atoms with E-state index < -0.39 is 5.97 Å². The van der Waals surface area contributed by atoms with E-state index in [4.69, 9.17) is 14.6 Å². The Morgan fingerprint density at radius 3 is 2.58 bits per heavy atom. The molecule has 0 saturated carbocycles. The van der Waals surface area contributed by atoms with E-state index in [1.807, 2.05) is 12.2 Å². The number of carbonyl (C=O) groups is 1. The van der Waals surface area contributed by atoms with Crippen molar-refractivity contribution in [3.05, 3.63) is 41.5 Å². The summed E-state index contributed by atoms with van der Waals surface area (Å²) < 4.78 is 10.7. The Morgan fingerprint density at radius 2 is 2.05 bits per heavy atom. The second-order valence-electron chi connectivity index (χ2n) is 4.11. The number of methoxy groups -OCH3 is 1. The highest BCUT2D eigenvalue weighted by Crippen LogP contribution is 2.08. The van der Waals surface area contributed by atoms with E-state index >= 15 is 0 Å². The van der Waals surface area contributed by atoms with Crippen LogP contribution in [0.5, 0.6) is 0 Å². The Hall–Kier alpha value is -1.65. The molecule has 0 aliphatic carbocycles. The molecule has 0 fully saturated rings. The highest BCUT2D eigenvalue weighted by Gasteiger charge is 2.03. The fraction of sp³-hybridized carbons (Fsp3) is 0.400. The van der Waals surface area contributed by atoms with Gasteiger partial charge in [0.05, 0.1) is 12.2 Å². The fourth-order valence-electron chi connectivity index (χ4n) is 1.47. The highest BCUT2D eigenvalue weighted by molar-refractivity contribution is 5.87. The second-order valence-corrected chi connectivity index (χ2v) is 4.11. The zero-order valence-corrected chi connectivity index (χ0v) is 11.3. The molecule has 0 radical (unpaired) electrons.